The number of anilines is 1. The van der Waals surface area contributed by atoms with Crippen LogP contribution in [0.2, 0.25) is 0 Å². The van der Waals surface area contributed by atoms with Gasteiger partial charge in [0, 0.05) is 31.7 Å². The van der Waals surface area contributed by atoms with Gasteiger partial charge in [-0.25, -0.2) is 4.39 Å². The van der Waals surface area contributed by atoms with Crippen molar-refractivity contribution in [2.45, 2.75) is 24.6 Å². The lowest BCUT2D eigenvalue weighted by Gasteiger charge is -2.37. The first-order chi connectivity index (χ1) is 11.2. The van der Waals surface area contributed by atoms with Crippen molar-refractivity contribution in [1.29, 1.82) is 0 Å². The van der Waals surface area contributed by atoms with Gasteiger partial charge in [-0.05, 0) is 38.5 Å². The van der Waals surface area contributed by atoms with Crippen LogP contribution in [0.25, 0.3) is 0 Å². The number of benzene rings is 1. The average molecular weight is 373 g/mol. The Morgan fingerprint density at radius 2 is 1.75 bits per heavy atom. The van der Waals surface area contributed by atoms with E-state index in [4.69, 9.17) is 23.2 Å². The lowest BCUT2D eigenvalue weighted by Crippen LogP contribution is -2.51. The first-order valence-corrected chi connectivity index (χ1v) is 8.64. The third-order valence-electron chi connectivity index (χ3n) is 4.99. The van der Waals surface area contributed by atoms with Crippen LogP contribution in [0.5, 0.6) is 0 Å². The summed E-state index contributed by atoms with van der Waals surface area (Å²) in [6.07, 6.45) is 0.462. The lowest BCUT2D eigenvalue weighted by molar-refractivity contribution is -0.136. The van der Waals surface area contributed by atoms with Crippen molar-refractivity contribution in [2.24, 2.45) is 5.41 Å². The highest BCUT2D eigenvalue weighted by molar-refractivity contribution is 6.53. The maximum absolute atomic E-state index is 14.2. The Bertz CT molecular complexity index is 702. The van der Waals surface area contributed by atoms with Crippen molar-refractivity contribution in [3.05, 3.63) is 29.6 Å². The van der Waals surface area contributed by atoms with Gasteiger partial charge >= 0.3 is 0 Å². The molecular weight excluding hydrogens is 354 g/mol. The molecule has 2 aliphatic rings. The Hall–Kier alpha value is -1.33. The van der Waals surface area contributed by atoms with Crippen LogP contribution in [0.3, 0.4) is 0 Å². The van der Waals surface area contributed by atoms with Crippen molar-refractivity contribution in [3.8, 4) is 0 Å². The zero-order chi connectivity index (χ0) is 17.7. The number of hydrogen-bond acceptors (Lipinski definition) is 3. The molecule has 1 heterocycles. The number of amides is 1. The second-order valence-corrected chi connectivity index (χ2v) is 8.20. The van der Waals surface area contributed by atoms with Gasteiger partial charge in [0.05, 0.1) is 11.1 Å². The van der Waals surface area contributed by atoms with Gasteiger partial charge < -0.3 is 9.80 Å². The van der Waals surface area contributed by atoms with Gasteiger partial charge in [-0.2, -0.15) is 0 Å². The molecule has 0 spiro atoms. The van der Waals surface area contributed by atoms with Crippen LogP contribution in [0, 0.1) is 11.2 Å². The minimum absolute atomic E-state index is 0.0421. The molecule has 1 saturated carbocycles. The van der Waals surface area contributed by atoms with Crippen molar-refractivity contribution >= 4 is 40.6 Å². The van der Waals surface area contributed by atoms with Crippen LogP contribution >= 0.6 is 23.2 Å². The molecule has 1 aliphatic carbocycles. The molecule has 7 heteroatoms. The van der Waals surface area contributed by atoms with Gasteiger partial charge in [-0.1, -0.05) is 0 Å². The zero-order valence-electron chi connectivity index (χ0n) is 13.6. The Kier molecular flexibility index (Phi) is 4.29. The minimum Gasteiger partial charge on any atom is -0.366 e. The van der Waals surface area contributed by atoms with Gasteiger partial charge in [0.25, 0.3) is 0 Å². The van der Waals surface area contributed by atoms with Crippen LogP contribution in [0.4, 0.5) is 10.1 Å². The molecule has 1 unspecified atom stereocenters. The molecule has 1 atom stereocenters. The molecule has 1 aromatic rings. The highest BCUT2D eigenvalue weighted by Gasteiger charge is 2.68. The number of nitrogens with zero attached hydrogens (tertiary/aromatic N) is 2. The highest BCUT2D eigenvalue weighted by atomic mass is 35.5. The van der Waals surface area contributed by atoms with E-state index in [9.17, 15) is 14.0 Å². The molecule has 0 N–H and O–H groups in total. The fourth-order valence-corrected chi connectivity index (χ4v) is 3.81. The molecule has 0 radical (unpaired) electrons. The summed E-state index contributed by atoms with van der Waals surface area (Å²) in [5.74, 6) is -0.629. The standard InChI is InChI=1S/C17H19Cl2FN2O2/c1-11(23)12-3-4-14(13(20)9-12)21-5-7-22(8-6-21)15(24)16(2)10-17(16,18)19/h3-4,9H,5-8,10H2,1-2H3. The number of carbonyl (C=O) groups is 2. The first-order valence-electron chi connectivity index (χ1n) is 7.88. The Morgan fingerprint density at radius 1 is 1.17 bits per heavy atom. The number of ketones is 1. The van der Waals surface area contributed by atoms with Gasteiger partial charge in [0.2, 0.25) is 5.91 Å². The van der Waals surface area contributed by atoms with E-state index in [2.05, 4.69) is 0 Å². The van der Waals surface area contributed by atoms with E-state index >= 15 is 0 Å². The largest absolute Gasteiger partial charge is 0.366 e. The van der Waals surface area contributed by atoms with Crippen molar-refractivity contribution in [3.63, 3.8) is 0 Å². The summed E-state index contributed by atoms with van der Waals surface area (Å²) in [5, 5.41) is 0. The number of halogens is 3. The van der Waals surface area contributed by atoms with E-state index in [0.29, 0.717) is 43.9 Å². The van der Waals surface area contributed by atoms with Gasteiger partial charge in [0.1, 0.15) is 10.2 Å². The highest BCUT2D eigenvalue weighted by Crippen LogP contribution is 2.64. The topological polar surface area (TPSA) is 40.6 Å². The van der Waals surface area contributed by atoms with Crippen LogP contribution in [-0.4, -0.2) is 47.1 Å². The Morgan fingerprint density at radius 3 is 2.21 bits per heavy atom. The summed E-state index contributed by atoms with van der Waals surface area (Å²) in [4.78, 5) is 27.5. The van der Waals surface area contributed by atoms with E-state index in [1.54, 1.807) is 24.0 Å². The van der Waals surface area contributed by atoms with Crippen LogP contribution in [0.15, 0.2) is 18.2 Å². The number of alkyl halides is 2. The van der Waals surface area contributed by atoms with Crippen molar-refractivity contribution in [2.75, 3.05) is 31.1 Å². The summed E-state index contributed by atoms with van der Waals surface area (Å²) in [6, 6.07) is 4.50. The van der Waals surface area contributed by atoms with E-state index in [-0.39, 0.29) is 11.7 Å². The average Bonchev–Trinajstić information content (AvgIpc) is 3.06. The molecule has 1 saturated heterocycles. The molecule has 4 nitrogen and oxygen atoms in total. The van der Waals surface area contributed by atoms with Gasteiger partial charge in [0.15, 0.2) is 5.78 Å². The summed E-state index contributed by atoms with van der Waals surface area (Å²) in [5.41, 5.74) is 0.0909. The molecule has 2 fully saturated rings. The molecular formula is C17H19Cl2FN2O2. The second-order valence-electron chi connectivity index (χ2n) is 6.71. The lowest BCUT2D eigenvalue weighted by atomic mass is 10.1. The summed E-state index contributed by atoms with van der Waals surface area (Å²) >= 11 is 12.2. The molecule has 0 bridgehead atoms. The number of rotatable bonds is 3. The third-order valence-corrected chi connectivity index (χ3v) is 6.09. The minimum atomic E-state index is -0.976. The second kappa shape index (κ2) is 5.88. The molecule has 3 rings (SSSR count). The van der Waals surface area contributed by atoms with E-state index < -0.39 is 15.6 Å². The maximum atomic E-state index is 14.2. The molecule has 24 heavy (non-hydrogen) atoms. The number of carbonyl (C=O) groups excluding carboxylic acids is 2. The SMILES string of the molecule is CC(=O)c1ccc(N2CCN(C(=O)C3(C)CC3(Cl)Cl)CC2)c(F)c1. The molecule has 130 valence electrons. The van der Waals surface area contributed by atoms with Gasteiger partial charge in [-0.3, -0.25) is 9.59 Å². The normalized spacial score (nSPS) is 25.5. The van der Waals surface area contributed by atoms with Crippen molar-refractivity contribution in [1.82, 2.24) is 4.90 Å². The molecule has 1 aliphatic heterocycles. The van der Waals surface area contributed by atoms with E-state index in [0.717, 1.165) is 0 Å². The summed E-state index contributed by atoms with van der Waals surface area (Å²) in [7, 11) is 0. The van der Waals surface area contributed by atoms with E-state index in [1.807, 2.05) is 4.90 Å². The Balaban J connectivity index is 1.66. The number of Topliss-reactive ketones (excluding diaryl/α,β-unsaturated/α-hetero) is 1. The fraction of sp³-hybridized carbons (Fsp3) is 0.529. The number of piperazine rings is 1. The smallest absolute Gasteiger partial charge is 0.231 e. The molecule has 1 amide bonds. The number of hydrogen-bond donors (Lipinski definition) is 0. The van der Waals surface area contributed by atoms with Crippen molar-refractivity contribution < 1.29 is 14.0 Å². The van der Waals surface area contributed by atoms with Crippen LogP contribution in [0.1, 0.15) is 30.6 Å². The van der Waals surface area contributed by atoms with Crippen LogP contribution in [-0.2, 0) is 4.79 Å². The Labute approximate surface area is 150 Å². The third kappa shape index (κ3) is 2.88. The summed E-state index contributed by atoms with van der Waals surface area (Å²) < 4.78 is 13.3. The first kappa shape index (κ1) is 17.5. The fourth-order valence-electron chi connectivity index (χ4n) is 3.11. The predicted molar refractivity (Wildman–Crippen MR) is 92.4 cm³/mol. The zero-order valence-corrected chi connectivity index (χ0v) is 15.1. The monoisotopic (exact) mass is 372 g/mol. The van der Waals surface area contributed by atoms with Crippen LogP contribution < -0.4 is 4.90 Å². The molecule has 1 aromatic carbocycles. The van der Waals surface area contributed by atoms with E-state index in [1.165, 1.54) is 13.0 Å². The summed E-state index contributed by atoms with van der Waals surface area (Å²) in [6.45, 7) is 5.22. The van der Waals surface area contributed by atoms with Gasteiger partial charge in [-0.15, -0.1) is 23.2 Å². The quantitative estimate of drug-likeness (QED) is 0.603. The predicted octanol–water partition coefficient (Wildman–Crippen LogP) is 3.26. The molecule has 0 aromatic heterocycles. The maximum Gasteiger partial charge on any atom is 0.231 e.